The summed E-state index contributed by atoms with van der Waals surface area (Å²) in [5.41, 5.74) is 0. The molecule has 0 saturated carbocycles. The van der Waals surface area contributed by atoms with E-state index in [1.165, 1.54) is 38.5 Å². The van der Waals surface area contributed by atoms with Crippen LogP contribution in [0.4, 0.5) is 0 Å². The van der Waals surface area contributed by atoms with E-state index in [0.717, 1.165) is 13.1 Å². The zero-order valence-electron chi connectivity index (χ0n) is 12.8. The van der Waals surface area contributed by atoms with Crippen molar-refractivity contribution in [3.05, 3.63) is 25.3 Å². The Balaban J connectivity index is 3.82. The van der Waals surface area contributed by atoms with Crippen LogP contribution in [-0.4, -0.2) is 25.4 Å². The molecule has 0 fully saturated rings. The number of nitrogens with zero attached hydrogens (tertiary/aromatic N) is 1. The lowest BCUT2D eigenvalue weighted by Crippen LogP contribution is -2.46. The van der Waals surface area contributed by atoms with Gasteiger partial charge in [0.1, 0.15) is 0 Å². The standard InChI is InChI=1S/C16H32N3/c1-5-9-11-13-17-15(7-3)19-16(8-4)18-14-12-10-6-2/h7-8,15-18H,3-6,9-14H2,1-2H3. The maximum Gasteiger partial charge on any atom is 0.0944 e. The lowest BCUT2D eigenvalue weighted by atomic mass is 10.2. The van der Waals surface area contributed by atoms with Crippen LogP contribution >= 0.6 is 0 Å². The van der Waals surface area contributed by atoms with E-state index in [4.69, 9.17) is 0 Å². The molecule has 2 unspecified atom stereocenters. The van der Waals surface area contributed by atoms with Gasteiger partial charge in [0.25, 0.3) is 0 Å². The fraction of sp³-hybridized carbons (Fsp3) is 0.750. The number of nitrogens with one attached hydrogen (secondary N) is 2. The van der Waals surface area contributed by atoms with E-state index in [0.29, 0.717) is 0 Å². The van der Waals surface area contributed by atoms with Crippen LogP contribution in [0.5, 0.6) is 0 Å². The lowest BCUT2D eigenvalue weighted by molar-refractivity contribution is 0.396. The van der Waals surface area contributed by atoms with Crippen LogP contribution in [-0.2, 0) is 0 Å². The Morgan fingerprint density at radius 3 is 1.58 bits per heavy atom. The van der Waals surface area contributed by atoms with Crippen molar-refractivity contribution < 1.29 is 0 Å². The Kier molecular flexibility index (Phi) is 13.3. The summed E-state index contributed by atoms with van der Waals surface area (Å²) < 4.78 is 0. The van der Waals surface area contributed by atoms with Gasteiger partial charge >= 0.3 is 0 Å². The fourth-order valence-corrected chi connectivity index (χ4v) is 1.82. The van der Waals surface area contributed by atoms with E-state index in [2.05, 4.69) is 43.0 Å². The molecule has 0 aliphatic rings. The maximum atomic E-state index is 4.65. The minimum absolute atomic E-state index is 0.0125. The Labute approximate surface area is 119 Å². The summed E-state index contributed by atoms with van der Waals surface area (Å²) in [6, 6.07) is 0. The predicted molar refractivity (Wildman–Crippen MR) is 85.2 cm³/mol. The second-order valence-corrected chi connectivity index (χ2v) is 4.83. The van der Waals surface area contributed by atoms with E-state index in [-0.39, 0.29) is 12.3 Å². The van der Waals surface area contributed by atoms with E-state index in [1.54, 1.807) is 0 Å². The van der Waals surface area contributed by atoms with Crippen molar-refractivity contribution in [2.24, 2.45) is 0 Å². The van der Waals surface area contributed by atoms with Gasteiger partial charge in [-0.3, -0.25) is 10.6 Å². The van der Waals surface area contributed by atoms with Crippen LogP contribution in [0.25, 0.3) is 0 Å². The molecule has 0 aliphatic heterocycles. The van der Waals surface area contributed by atoms with Gasteiger partial charge in [-0.25, -0.2) is 0 Å². The van der Waals surface area contributed by atoms with Gasteiger partial charge in [0, 0.05) is 0 Å². The molecule has 0 aromatic carbocycles. The fourth-order valence-electron chi connectivity index (χ4n) is 1.82. The second-order valence-electron chi connectivity index (χ2n) is 4.83. The van der Waals surface area contributed by atoms with Crippen molar-refractivity contribution in [2.45, 2.75) is 64.7 Å². The van der Waals surface area contributed by atoms with Crippen molar-refractivity contribution in [3.8, 4) is 0 Å². The van der Waals surface area contributed by atoms with Gasteiger partial charge in [0.05, 0.1) is 12.3 Å². The summed E-state index contributed by atoms with van der Waals surface area (Å²) in [5.74, 6) is 0. The van der Waals surface area contributed by atoms with Crippen molar-refractivity contribution in [1.82, 2.24) is 16.0 Å². The first kappa shape index (κ1) is 18.4. The van der Waals surface area contributed by atoms with Crippen molar-refractivity contribution in [1.29, 1.82) is 0 Å². The monoisotopic (exact) mass is 266 g/mol. The van der Waals surface area contributed by atoms with Crippen molar-refractivity contribution >= 4 is 0 Å². The summed E-state index contributed by atoms with van der Waals surface area (Å²) in [6.07, 6.45) is 11.1. The van der Waals surface area contributed by atoms with Gasteiger partial charge in [-0.2, -0.15) is 5.32 Å². The molecule has 3 nitrogen and oxygen atoms in total. The Hall–Kier alpha value is -0.640. The molecule has 0 bridgehead atoms. The molecule has 3 heteroatoms. The van der Waals surface area contributed by atoms with E-state index >= 15 is 0 Å². The molecular weight excluding hydrogens is 234 g/mol. The molecule has 1 radical (unpaired) electrons. The average Bonchev–Trinajstić information content (AvgIpc) is 2.44. The van der Waals surface area contributed by atoms with Gasteiger partial charge < -0.3 is 0 Å². The first-order chi connectivity index (χ1) is 9.28. The van der Waals surface area contributed by atoms with Crippen LogP contribution in [0.1, 0.15) is 52.4 Å². The normalized spacial score (nSPS) is 14.0. The van der Waals surface area contributed by atoms with Crippen LogP contribution in [0.3, 0.4) is 0 Å². The Bertz CT molecular complexity index is 194. The zero-order chi connectivity index (χ0) is 14.3. The van der Waals surface area contributed by atoms with Crippen LogP contribution in [0.15, 0.2) is 25.3 Å². The van der Waals surface area contributed by atoms with Crippen LogP contribution in [0, 0.1) is 0 Å². The molecule has 0 spiro atoms. The molecule has 2 N–H and O–H groups in total. The third kappa shape index (κ3) is 10.9. The summed E-state index contributed by atoms with van der Waals surface area (Å²) in [4.78, 5) is 0. The number of rotatable bonds is 14. The highest BCUT2D eigenvalue weighted by Crippen LogP contribution is 1.96. The predicted octanol–water partition coefficient (Wildman–Crippen LogP) is 3.17. The molecule has 111 valence electrons. The summed E-state index contributed by atoms with van der Waals surface area (Å²) in [6.45, 7) is 14.1. The summed E-state index contributed by atoms with van der Waals surface area (Å²) in [7, 11) is 0. The van der Waals surface area contributed by atoms with Crippen LogP contribution in [0.2, 0.25) is 0 Å². The Morgan fingerprint density at radius 1 is 0.842 bits per heavy atom. The Morgan fingerprint density at radius 2 is 1.26 bits per heavy atom. The smallest absolute Gasteiger partial charge is 0.0944 e. The van der Waals surface area contributed by atoms with Crippen molar-refractivity contribution in [2.75, 3.05) is 13.1 Å². The lowest BCUT2D eigenvalue weighted by Gasteiger charge is -2.21. The van der Waals surface area contributed by atoms with Gasteiger partial charge in [-0.05, 0) is 25.9 Å². The minimum atomic E-state index is 0.0125. The number of hydrogen-bond acceptors (Lipinski definition) is 2. The zero-order valence-corrected chi connectivity index (χ0v) is 12.8. The quantitative estimate of drug-likeness (QED) is 0.374. The van der Waals surface area contributed by atoms with Gasteiger partial charge in [-0.15, -0.1) is 13.2 Å². The molecule has 0 aromatic rings. The minimum Gasteiger partial charge on any atom is -0.297 e. The molecule has 0 amide bonds. The highest BCUT2D eigenvalue weighted by Gasteiger charge is 2.10. The average molecular weight is 266 g/mol. The molecule has 0 heterocycles. The van der Waals surface area contributed by atoms with Gasteiger partial charge in [0.15, 0.2) is 0 Å². The first-order valence-corrected chi connectivity index (χ1v) is 7.70. The molecule has 0 aromatic heterocycles. The van der Waals surface area contributed by atoms with Gasteiger partial charge in [-0.1, -0.05) is 51.7 Å². The third-order valence-corrected chi connectivity index (χ3v) is 3.04. The third-order valence-electron chi connectivity index (χ3n) is 3.04. The highest BCUT2D eigenvalue weighted by atomic mass is 15.2. The molecule has 2 atom stereocenters. The van der Waals surface area contributed by atoms with Gasteiger partial charge in [0.2, 0.25) is 0 Å². The largest absolute Gasteiger partial charge is 0.297 e. The van der Waals surface area contributed by atoms with Crippen molar-refractivity contribution in [3.63, 3.8) is 0 Å². The number of unbranched alkanes of at least 4 members (excludes halogenated alkanes) is 4. The second kappa shape index (κ2) is 13.8. The van der Waals surface area contributed by atoms with E-state index in [9.17, 15) is 0 Å². The summed E-state index contributed by atoms with van der Waals surface area (Å²) in [5, 5.41) is 11.4. The molecule has 0 aliphatic carbocycles. The maximum absolute atomic E-state index is 4.65. The highest BCUT2D eigenvalue weighted by molar-refractivity contribution is 4.91. The number of hydrogen-bond donors (Lipinski definition) is 2. The van der Waals surface area contributed by atoms with E-state index < -0.39 is 0 Å². The molecule has 0 rings (SSSR count). The topological polar surface area (TPSA) is 38.2 Å². The van der Waals surface area contributed by atoms with Crippen LogP contribution < -0.4 is 16.0 Å². The summed E-state index contributed by atoms with van der Waals surface area (Å²) >= 11 is 0. The molecular formula is C16H32N3. The molecule has 0 saturated heterocycles. The first-order valence-electron chi connectivity index (χ1n) is 7.70. The molecule has 19 heavy (non-hydrogen) atoms. The SMILES string of the molecule is C=CC([N]C(C=C)NCCCCC)NCCCCC. The van der Waals surface area contributed by atoms with E-state index in [1.807, 2.05) is 12.2 Å².